The molecule has 0 rings (SSSR count). The predicted molar refractivity (Wildman–Crippen MR) is 78.8 cm³/mol. The Morgan fingerprint density at radius 2 is 1.05 bits per heavy atom. The minimum absolute atomic E-state index is 0.231. The van der Waals surface area contributed by atoms with Crippen LogP contribution in [0.5, 0.6) is 0 Å². The van der Waals surface area contributed by atoms with Crippen LogP contribution in [-0.4, -0.2) is 73.8 Å². The Morgan fingerprint density at radius 1 is 0.684 bits per heavy atom. The van der Waals surface area contributed by atoms with Crippen molar-refractivity contribution in [1.29, 1.82) is 0 Å². The van der Waals surface area contributed by atoms with Crippen LogP contribution in [0.25, 0.3) is 0 Å². The molecule has 19 heavy (non-hydrogen) atoms. The average molecular weight is 313 g/mol. The second-order valence-corrected chi connectivity index (χ2v) is 7.06. The van der Waals surface area contributed by atoms with Gasteiger partial charge in [0.1, 0.15) is 0 Å². The Labute approximate surface area is 120 Å². The number of hydrogen-bond donors (Lipinski definition) is 0. The molecule has 0 unspecified atom stereocenters. The lowest BCUT2D eigenvalue weighted by Crippen LogP contribution is -2.21. The Balaban J connectivity index is 3.19. The molecule has 0 atom stereocenters. The van der Waals surface area contributed by atoms with Crippen molar-refractivity contribution in [3.05, 3.63) is 0 Å². The van der Waals surface area contributed by atoms with E-state index in [1.807, 2.05) is 0 Å². The number of rotatable bonds is 14. The molecular weight excluding hydrogens is 284 g/mol. The van der Waals surface area contributed by atoms with E-state index < -0.39 is 19.5 Å². The third-order valence-corrected chi connectivity index (χ3v) is 5.26. The average Bonchev–Trinajstić information content (AvgIpc) is 2.45. The number of methoxy groups -OCH3 is 4. The van der Waals surface area contributed by atoms with Gasteiger partial charge in [0.05, 0.1) is 13.2 Å². The molecular formula is C11H28O6Si2. The molecule has 0 aromatic heterocycles. The lowest BCUT2D eigenvalue weighted by atomic mass is 10.6. The maximum atomic E-state index is 5.58. The molecule has 8 heteroatoms. The van der Waals surface area contributed by atoms with Crippen molar-refractivity contribution in [2.75, 3.05) is 41.7 Å². The van der Waals surface area contributed by atoms with Gasteiger partial charge in [-0.25, -0.2) is 0 Å². The second-order valence-electron chi connectivity index (χ2n) is 4.01. The highest BCUT2D eigenvalue weighted by molar-refractivity contribution is 6.29. The first-order chi connectivity index (χ1) is 9.28. The third-order valence-electron chi connectivity index (χ3n) is 2.64. The largest absolute Gasteiger partial charge is 0.419 e. The highest BCUT2D eigenvalue weighted by Crippen LogP contribution is 1.99. The van der Waals surface area contributed by atoms with E-state index in [2.05, 4.69) is 0 Å². The maximum Gasteiger partial charge on any atom is 0.178 e. The Bertz CT molecular complexity index is 161. The fourth-order valence-electron chi connectivity index (χ4n) is 1.41. The van der Waals surface area contributed by atoms with E-state index in [4.69, 9.17) is 27.8 Å². The van der Waals surface area contributed by atoms with Gasteiger partial charge in [0.2, 0.25) is 0 Å². The van der Waals surface area contributed by atoms with Gasteiger partial charge in [0.25, 0.3) is 0 Å². The number of hydrogen-bond acceptors (Lipinski definition) is 6. The molecule has 0 heterocycles. The summed E-state index contributed by atoms with van der Waals surface area (Å²) in [5.41, 5.74) is 0. The Hall–Kier alpha value is 0.194. The van der Waals surface area contributed by atoms with E-state index in [9.17, 15) is 0 Å². The van der Waals surface area contributed by atoms with Gasteiger partial charge in [0, 0.05) is 28.4 Å². The van der Waals surface area contributed by atoms with Crippen LogP contribution in [0.3, 0.4) is 0 Å². The molecule has 0 aliphatic rings. The molecule has 0 N–H and O–H groups in total. The van der Waals surface area contributed by atoms with Crippen molar-refractivity contribution in [2.45, 2.75) is 31.1 Å². The summed E-state index contributed by atoms with van der Waals surface area (Å²) in [5.74, 6) is 0. The minimum atomic E-state index is -0.452. The molecule has 0 fully saturated rings. The molecule has 6 nitrogen and oxygen atoms in total. The maximum absolute atomic E-state index is 5.58. The zero-order valence-electron chi connectivity index (χ0n) is 12.6. The predicted octanol–water partition coefficient (Wildman–Crippen LogP) is -0.348. The molecule has 0 aliphatic heterocycles. The minimum Gasteiger partial charge on any atom is -0.419 e. The monoisotopic (exact) mass is 312 g/mol. The molecule has 0 radical (unpaired) electrons. The van der Waals surface area contributed by atoms with Gasteiger partial charge in [0.15, 0.2) is 32.1 Å². The summed E-state index contributed by atoms with van der Waals surface area (Å²) < 4.78 is 31.3. The summed E-state index contributed by atoms with van der Waals surface area (Å²) in [5, 5.41) is 0. The van der Waals surface area contributed by atoms with Crippen molar-refractivity contribution in [3.8, 4) is 0 Å². The highest BCUT2D eigenvalue weighted by Gasteiger charge is 2.05. The number of ether oxygens (including phenoxy) is 4. The summed E-state index contributed by atoms with van der Waals surface area (Å²) in [6.45, 7) is 1.08. The van der Waals surface area contributed by atoms with Crippen LogP contribution >= 0.6 is 0 Å². The van der Waals surface area contributed by atoms with Crippen molar-refractivity contribution in [3.63, 3.8) is 0 Å². The smallest absolute Gasteiger partial charge is 0.178 e. The first-order valence-electron chi connectivity index (χ1n) is 6.55. The molecule has 0 saturated heterocycles. The second kappa shape index (κ2) is 14.6. The lowest BCUT2D eigenvalue weighted by Gasteiger charge is -2.14. The van der Waals surface area contributed by atoms with Crippen LogP contribution in [0.4, 0.5) is 0 Å². The van der Waals surface area contributed by atoms with Crippen molar-refractivity contribution in [1.82, 2.24) is 0 Å². The Morgan fingerprint density at radius 3 is 1.37 bits per heavy atom. The van der Waals surface area contributed by atoms with Gasteiger partial charge in [-0.05, 0) is 12.1 Å². The zero-order chi connectivity index (χ0) is 14.3. The standard InChI is InChI=1S/C11H28O6Si2/c1-12-10(13-2)8-16-18-6-5-7-19-17-9-11(14-3)15-4/h10-11H,5-9,18-19H2,1-4H3. The topological polar surface area (TPSA) is 55.4 Å². The van der Waals surface area contributed by atoms with Crippen LogP contribution in [0, 0.1) is 0 Å². The quantitative estimate of drug-likeness (QED) is 0.248. The zero-order valence-corrected chi connectivity index (χ0v) is 15.4. The van der Waals surface area contributed by atoms with Crippen LogP contribution in [0.2, 0.25) is 12.1 Å². The summed E-state index contributed by atoms with van der Waals surface area (Å²) in [4.78, 5) is 0. The van der Waals surface area contributed by atoms with E-state index in [-0.39, 0.29) is 12.6 Å². The molecule has 0 aromatic rings. The molecule has 116 valence electrons. The summed E-state index contributed by atoms with van der Waals surface area (Å²) >= 11 is 0. The SMILES string of the molecule is COC(CO[SiH2]CCC[SiH2]OCC(OC)OC)OC. The van der Waals surface area contributed by atoms with Crippen LogP contribution in [-0.2, 0) is 27.8 Å². The normalized spacial score (nSPS) is 12.9. The third kappa shape index (κ3) is 11.7. The van der Waals surface area contributed by atoms with Gasteiger partial charge >= 0.3 is 0 Å². The Kier molecular flexibility index (Phi) is 14.7. The summed E-state index contributed by atoms with van der Waals surface area (Å²) in [7, 11) is 5.58. The van der Waals surface area contributed by atoms with E-state index >= 15 is 0 Å². The van der Waals surface area contributed by atoms with Gasteiger partial charge in [-0.2, -0.15) is 0 Å². The molecule has 0 amide bonds. The molecule has 0 aromatic carbocycles. The first kappa shape index (κ1) is 19.2. The molecule has 0 bridgehead atoms. The lowest BCUT2D eigenvalue weighted by molar-refractivity contribution is -0.122. The first-order valence-corrected chi connectivity index (χ1v) is 9.70. The van der Waals surface area contributed by atoms with E-state index in [0.29, 0.717) is 13.2 Å². The van der Waals surface area contributed by atoms with Crippen molar-refractivity contribution >= 4 is 19.5 Å². The van der Waals surface area contributed by atoms with Gasteiger partial charge in [-0.1, -0.05) is 6.42 Å². The van der Waals surface area contributed by atoms with Gasteiger partial charge in [-0.15, -0.1) is 0 Å². The molecule has 0 saturated carbocycles. The van der Waals surface area contributed by atoms with Crippen LogP contribution in [0.15, 0.2) is 0 Å². The van der Waals surface area contributed by atoms with Crippen molar-refractivity contribution in [2.24, 2.45) is 0 Å². The molecule has 0 aliphatic carbocycles. The van der Waals surface area contributed by atoms with E-state index in [1.54, 1.807) is 28.4 Å². The fraction of sp³-hybridized carbons (Fsp3) is 1.00. The van der Waals surface area contributed by atoms with E-state index in [1.165, 1.54) is 18.5 Å². The van der Waals surface area contributed by atoms with Crippen LogP contribution < -0.4 is 0 Å². The summed E-state index contributed by atoms with van der Waals surface area (Å²) in [6, 6.07) is 2.35. The highest BCUT2D eigenvalue weighted by atomic mass is 28.2. The van der Waals surface area contributed by atoms with Gasteiger partial charge < -0.3 is 27.8 Å². The fourth-order valence-corrected chi connectivity index (χ4v) is 4.36. The molecule has 0 spiro atoms. The van der Waals surface area contributed by atoms with Gasteiger partial charge in [-0.3, -0.25) is 0 Å². The van der Waals surface area contributed by atoms with Crippen LogP contribution in [0.1, 0.15) is 6.42 Å². The summed E-state index contributed by atoms with van der Waals surface area (Å²) in [6.07, 6.45) is 0.726. The van der Waals surface area contributed by atoms with E-state index in [0.717, 1.165) is 0 Å². The van der Waals surface area contributed by atoms with Crippen molar-refractivity contribution < 1.29 is 27.8 Å².